The fraction of sp³-hybridized carbons (Fsp3) is 0.562. The molecule has 1 aromatic rings. The Morgan fingerprint density at radius 2 is 1.73 bits per heavy atom. The fourth-order valence-corrected chi connectivity index (χ4v) is 3.69. The van der Waals surface area contributed by atoms with Gasteiger partial charge in [-0.2, -0.15) is 18.4 Å². The van der Waals surface area contributed by atoms with Crippen molar-refractivity contribution in [2.24, 2.45) is 16.6 Å². The van der Waals surface area contributed by atoms with Crippen molar-refractivity contribution < 1.29 is 13.2 Å². The van der Waals surface area contributed by atoms with Crippen LogP contribution < -0.4 is 11.1 Å². The fourth-order valence-electron chi connectivity index (χ4n) is 3.69. The molecule has 0 bridgehead atoms. The lowest BCUT2D eigenvalue weighted by molar-refractivity contribution is -0.137. The molecule has 0 unspecified atom stereocenters. The number of rotatable bonds is 2. The van der Waals surface area contributed by atoms with Gasteiger partial charge in [-0.15, -0.1) is 0 Å². The standard InChI is InChI=1S/C16H20F3N3/c1-14(2)12(21)15(3,4)13(14)22-10-6-5-9(8-20)11(7-10)16(17,18)19/h5-7,12-13,22H,21H2,1-4H3. The minimum absolute atomic E-state index is 0.0435. The molecule has 1 aromatic carbocycles. The van der Waals surface area contributed by atoms with Crippen molar-refractivity contribution in [2.45, 2.75) is 46.0 Å². The summed E-state index contributed by atoms with van der Waals surface area (Å²) in [6, 6.07) is 5.18. The SMILES string of the molecule is CC1(C)C(N)C(C)(C)C1Nc1ccc(C#N)c(C(F)(F)F)c1. The quantitative estimate of drug-likeness (QED) is 0.874. The van der Waals surface area contributed by atoms with E-state index in [2.05, 4.69) is 5.32 Å². The van der Waals surface area contributed by atoms with Gasteiger partial charge in [0.05, 0.1) is 17.2 Å². The molecule has 0 aromatic heterocycles. The van der Waals surface area contributed by atoms with Gasteiger partial charge in [0.1, 0.15) is 0 Å². The molecule has 1 aliphatic carbocycles. The summed E-state index contributed by atoms with van der Waals surface area (Å²) < 4.78 is 39.0. The smallest absolute Gasteiger partial charge is 0.381 e. The second-order valence-corrected chi connectivity index (χ2v) is 7.07. The molecule has 0 saturated heterocycles. The van der Waals surface area contributed by atoms with E-state index in [1.807, 2.05) is 27.7 Å². The van der Waals surface area contributed by atoms with Crippen molar-refractivity contribution in [3.63, 3.8) is 0 Å². The van der Waals surface area contributed by atoms with Crippen LogP contribution in [-0.2, 0) is 6.18 Å². The van der Waals surface area contributed by atoms with E-state index in [1.54, 1.807) is 6.07 Å². The lowest BCUT2D eigenvalue weighted by Crippen LogP contribution is -2.73. The van der Waals surface area contributed by atoms with Crippen LogP contribution in [0.4, 0.5) is 18.9 Å². The summed E-state index contributed by atoms with van der Waals surface area (Å²) in [7, 11) is 0. The zero-order chi connectivity index (χ0) is 16.9. The number of anilines is 1. The average Bonchev–Trinajstić information content (AvgIpc) is 2.42. The Labute approximate surface area is 128 Å². The van der Waals surface area contributed by atoms with Crippen LogP contribution in [0, 0.1) is 22.2 Å². The molecule has 1 saturated carbocycles. The Kier molecular flexibility index (Phi) is 3.69. The number of halogens is 3. The van der Waals surface area contributed by atoms with Crippen LogP contribution in [0.15, 0.2) is 18.2 Å². The van der Waals surface area contributed by atoms with E-state index in [1.165, 1.54) is 12.1 Å². The summed E-state index contributed by atoms with van der Waals surface area (Å²) in [6.45, 7) is 7.98. The number of nitrogens with two attached hydrogens (primary N) is 1. The maximum atomic E-state index is 13.0. The third-order valence-electron chi connectivity index (χ3n) is 4.85. The third-order valence-corrected chi connectivity index (χ3v) is 4.85. The molecule has 0 spiro atoms. The van der Waals surface area contributed by atoms with Crippen LogP contribution in [0.25, 0.3) is 0 Å². The molecule has 6 heteroatoms. The van der Waals surface area contributed by atoms with E-state index < -0.39 is 11.7 Å². The monoisotopic (exact) mass is 311 g/mol. The first kappa shape index (κ1) is 16.6. The first-order valence-electron chi connectivity index (χ1n) is 7.06. The molecule has 1 aliphatic rings. The lowest BCUT2D eigenvalue weighted by Gasteiger charge is -2.63. The van der Waals surface area contributed by atoms with Crippen molar-refractivity contribution in [3.8, 4) is 6.07 Å². The number of nitrogens with zero attached hydrogens (tertiary/aromatic N) is 1. The summed E-state index contributed by atoms with van der Waals surface area (Å²) in [5, 5.41) is 12.0. The van der Waals surface area contributed by atoms with Gasteiger partial charge >= 0.3 is 6.18 Å². The molecule has 3 nitrogen and oxygen atoms in total. The molecule has 0 aliphatic heterocycles. The highest BCUT2D eigenvalue weighted by Crippen LogP contribution is 2.53. The highest BCUT2D eigenvalue weighted by Gasteiger charge is 2.60. The van der Waals surface area contributed by atoms with Gasteiger partial charge in [0.25, 0.3) is 0 Å². The number of hydrogen-bond acceptors (Lipinski definition) is 3. The van der Waals surface area contributed by atoms with Gasteiger partial charge in [-0.3, -0.25) is 0 Å². The lowest BCUT2D eigenvalue weighted by atomic mass is 9.48. The first-order valence-corrected chi connectivity index (χ1v) is 7.06. The van der Waals surface area contributed by atoms with E-state index in [0.29, 0.717) is 5.69 Å². The predicted molar refractivity (Wildman–Crippen MR) is 79.1 cm³/mol. The Hall–Kier alpha value is -1.74. The Morgan fingerprint density at radius 3 is 2.18 bits per heavy atom. The van der Waals surface area contributed by atoms with Gasteiger partial charge in [-0.25, -0.2) is 0 Å². The maximum absolute atomic E-state index is 13.0. The van der Waals surface area contributed by atoms with E-state index in [-0.39, 0.29) is 28.5 Å². The molecular weight excluding hydrogens is 291 g/mol. The molecule has 2 rings (SSSR count). The largest absolute Gasteiger partial charge is 0.417 e. The Balaban J connectivity index is 2.34. The van der Waals surface area contributed by atoms with Crippen molar-refractivity contribution in [3.05, 3.63) is 29.3 Å². The highest BCUT2D eigenvalue weighted by atomic mass is 19.4. The van der Waals surface area contributed by atoms with Gasteiger partial charge in [0.15, 0.2) is 0 Å². The van der Waals surface area contributed by atoms with Crippen LogP contribution in [0.1, 0.15) is 38.8 Å². The van der Waals surface area contributed by atoms with Gasteiger partial charge < -0.3 is 11.1 Å². The summed E-state index contributed by atoms with van der Waals surface area (Å²) in [4.78, 5) is 0. The van der Waals surface area contributed by atoms with Crippen LogP contribution in [0.2, 0.25) is 0 Å². The molecule has 3 N–H and O–H groups in total. The normalized spacial score (nSPS) is 26.0. The van der Waals surface area contributed by atoms with Crippen molar-refractivity contribution in [1.82, 2.24) is 0 Å². The van der Waals surface area contributed by atoms with E-state index in [9.17, 15) is 13.2 Å². The number of alkyl halides is 3. The number of nitriles is 1. The van der Waals surface area contributed by atoms with Crippen molar-refractivity contribution in [1.29, 1.82) is 5.26 Å². The average molecular weight is 311 g/mol. The second-order valence-electron chi connectivity index (χ2n) is 7.07. The van der Waals surface area contributed by atoms with Crippen molar-refractivity contribution >= 4 is 5.69 Å². The van der Waals surface area contributed by atoms with Crippen LogP contribution in [0.5, 0.6) is 0 Å². The number of hydrogen-bond donors (Lipinski definition) is 2. The Morgan fingerprint density at radius 1 is 1.18 bits per heavy atom. The van der Waals surface area contributed by atoms with Crippen molar-refractivity contribution in [2.75, 3.05) is 5.32 Å². The summed E-state index contributed by atoms with van der Waals surface area (Å²) >= 11 is 0. The van der Waals surface area contributed by atoms with Crippen LogP contribution >= 0.6 is 0 Å². The van der Waals surface area contributed by atoms with Crippen LogP contribution in [-0.4, -0.2) is 12.1 Å². The minimum atomic E-state index is -4.55. The highest BCUT2D eigenvalue weighted by molar-refractivity contribution is 5.54. The molecule has 0 heterocycles. The molecule has 0 amide bonds. The van der Waals surface area contributed by atoms with E-state index in [0.717, 1.165) is 6.07 Å². The summed E-state index contributed by atoms with van der Waals surface area (Å²) in [5.41, 5.74) is 4.77. The maximum Gasteiger partial charge on any atom is 0.417 e. The molecule has 0 radical (unpaired) electrons. The van der Waals surface area contributed by atoms with Gasteiger partial charge in [-0.1, -0.05) is 27.7 Å². The number of nitrogens with one attached hydrogen (secondary N) is 1. The van der Waals surface area contributed by atoms with Gasteiger partial charge in [0.2, 0.25) is 0 Å². The zero-order valence-electron chi connectivity index (χ0n) is 13.0. The minimum Gasteiger partial charge on any atom is -0.381 e. The second kappa shape index (κ2) is 4.88. The van der Waals surface area contributed by atoms with E-state index >= 15 is 0 Å². The third kappa shape index (κ3) is 2.44. The molecular formula is C16H20F3N3. The Bertz CT molecular complexity index is 611. The van der Waals surface area contributed by atoms with Gasteiger partial charge in [0, 0.05) is 28.6 Å². The molecule has 1 fully saturated rings. The van der Waals surface area contributed by atoms with E-state index in [4.69, 9.17) is 11.0 Å². The predicted octanol–water partition coefficient (Wildman–Crippen LogP) is 3.75. The summed E-state index contributed by atoms with van der Waals surface area (Å²) in [6.07, 6.45) is -4.55. The molecule has 120 valence electrons. The summed E-state index contributed by atoms with van der Waals surface area (Å²) in [5.74, 6) is 0. The molecule has 0 atom stereocenters. The topological polar surface area (TPSA) is 61.8 Å². The van der Waals surface area contributed by atoms with Crippen LogP contribution in [0.3, 0.4) is 0 Å². The zero-order valence-corrected chi connectivity index (χ0v) is 13.0. The molecule has 22 heavy (non-hydrogen) atoms. The van der Waals surface area contributed by atoms with Gasteiger partial charge in [-0.05, 0) is 18.2 Å². The number of benzene rings is 1. The first-order chi connectivity index (χ1) is 9.92.